The fraction of sp³-hybridized carbons (Fsp3) is 0.136. The molecule has 2 heterocycles. The van der Waals surface area contributed by atoms with Crippen molar-refractivity contribution >= 4 is 11.7 Å². The quantitative estimate of drug-likeness (QED) is 0.595. The van der Waals surface area contributed by atoms with Gasteiger partial charge in [0.2, 0.25) is 5.88 Å². The van der Waals surface area contributed by atoms with Crippen LogP contribution in [0.2, 0.25) is 0 Å². The highest BCUT2D eigenvalue weighted by Gasteiger charge is 2.07. The number of terminal acetylenes is 1. The maximum Gasteiger partial charge on any atom is 0.253 e. The number of nitrogens with one attached hydrogen (secondary N) is 2. The Morgan fingerprint density at radius 3 is 2.68 bits per heavy atom. The minimum atomic E-state index is -0.249. The van der Waals surface area contributed by atoms with E-state index >= 15 is 0 Å². The maximum absolute atomic E-state index is 11.8. The number of benzene rings is 1. The monoisotopic (exact) mass is 372 g/mol. The van der Waals surface area contributed by atoms with E-state index in [1.807, 2.05) is 42.5 Å². The van der Waals surface area contributed by atoms with E-state index in [-0.39, 0.29) is 12.5 Å². The van der Waals surface area contributed by atoms with Gasteiger partial charge in [-0.05, 0) is 23.8 Å². The van der Waals surface area contributed by atoms with E-state index in [0.717, 1.165) is 11.1 Å². The van der Waals surface area contributed by atoms with E-state index in [4.69, 9.17) is 11.2 Å². The van der Waals surface area contributed by atoms with Gasteiger partial charge in [-0.3, -0.25) is 4.79 Å². The molecule has 28 heavy (non-hydrogen) atoms. The van der Waals surface area contributed by atoms with Crippen LogP contribution in [0.1, 0.15) is 21.5 Å². The largest absolute Gasteiger partial charge is 0.473 e. The van der Waals surface area contributed by atoms with Crippen molar-refractivity contribution in [3.8, 4) is 18.2 Å². The van der Waals surface area contributed by atoms with Crippen molar-refractivity contribution in [2.45, 2.75) is 13.2 Å². The molecule has 0 radical (unpaired) electrons. The van der Waals surface area contributed by atoms with Crippen molar-refractivity contribution in [1.82, 2.24) is 15.3 Å². The Kier molecular flexibility index (Phi) is 6.58. The first-order valence-electron chi connectivity index (χ1n) is 8.78. The zero-order valence-electron chi connectivity index (χ0n) is 15.3. The van der Waals surface area contributed by atoms with Gasteiger partial charge in [-0.15, -0.1) is 6.42 Å². The molecule has 0 bridgehead atoms. The van der Waals surface area contributed by atoms with E-state index in [1.54, 1.807) is 18.3 Å². The van der Waals surface area contributed by atoms with Gasteiger partial charge in [0.05, 0.1) is 12.1 Å². The van der Waals surface area contributed by atoms with Crippen molar-refractivity contribution in [2.75, 3.05) is 11.9 Å². The second kappa shape index (κ2) is 9.74. The van der Waals surface area contributed by atoms with E-state index in [0.29, 0.717) is 30.4 Å². The Balaban J connectivity index is 1.59. The zero-order valence-corrected chi connectivity index (χ0v) is 15.3. The van der Waals surface area contributed by atoms with Crippen molar-refractivity contribution in [3.05, 3.63) is 83.7 Å². The van der Waals surface area contributed by atoms with Crippen LogP contribution in [0.4, 0.5) is 5.82 Å². The molecule has 140 valence electrons. The summed E-state index contributed by atoms with van der Waals surface area (Å²) >= 11 is 0. The molecule has 0 aliphatic heterocycles. The predicted octanol–water partition coefficient (Wildman–Crippen LogP) is 3.03. The second-order valence-electron chi connectivity index (χ2n) is 5.91. The molecule has 0 spiro atoms. The van der Waals surface area contributed by atoms with Crippen LogP contribution in [-0.4, -0.2) is 22.4 Å². The van der Waals surface area contributed by atoms with Crippen LogP contribution in [0.5, 0.6) is 5.88 Å². The molecule has 0 unspecified atom stereocenters. The molecule has 0 saturated carbocycles. The van der Waals surface area contributed by atoms with Crippen LogP contribution < -0.4 is 15.4 Å². The molecule has 1 aromatic carbocycles. The standard InChI is InChI=1S/C22H20N4O2/c1-2-12-23-21(27)18-10-11-20(25-14-18)26-15-19-9-6-13-24-22(19)28-16-17-7-4-3-5-8-17/h1,3-11,13-14H,12,15-16H2,(H,23,27)(H,25,26). The van der Waals surface area contributed by atoms with E-state index in [9.17, 15) is 4.79 Å². The van der Waals surface area contributed by atoms with Gasteiger partial charge < -0.3 is 15.4 Å². The van der Waals surface area contributed by atoms with Gasteiger partial charge in [-0.25, -0.2) is 9.97 Å². The summed E-state index contributed by atoms with van der Waals surface area (Å²) in [6, 6.07) is 17.2. The molecule has 1 amide bonds. The first-order chi connectivity index (χ1) is 13.8. The molecule has 0 aliphatic carbocycles. The van der Waals surface area contributed by atoms with Crippen LogP contribution in [0.3, 0.4) is 0 Å². The SMILES string of the molecule is C#CCNC(=O)c1ccc(NCc2cccnc2OCc2ccccc2)nc1. The molecule has 2 N–H and O–H groups in total. The van der Waals surface area contributed by atoms with Gasteiger partial charge in [0, 0.05) is 24.5 Å². The third-order valence-corrected chi connectivity index (χ3v) is 3.90. The van der Waals surface area contributed by atoms with Crippen molar-refractivity contribution in [1.29, 1.82) is 0 Å². The maximum atomic E-state index is 11.8. The van der Waals surface area contributed by atoms with Gasteiger partial charge in [-0.1, -0.05) is 42.3 Å². The number of carbonyl (C=O) groups excluding carboxylic acids is 1. The normalized spacial score (nSPS) is 9.96. The number of pyridine rings is 2. The zero-order chi connectivity index (χ0) is 19.6. The third-order valence-electron chi connectivity index (χ3n) is 3.90. The summed E-state index contributed by atoms with van der Waals surface area (Å²) in [6.07, 6.45) is 8.34. The lowest BCUT2D eigenvalue weighted by molar-refractivity contribution is 0.0958. The van der Waals surface area contributed by atoms with Crippen LogP contribution in [0.25, 0.3) is 0 Å². The average Bonchev–Trinajstić information content (AvgIpc) is 2.76. The van der Waals surface area contributed by atoms with Crippen molar-refractivity contribution < 1.29 is 9.53 Å². The summed E-state index contributed by atoms with van der Waals surface area (Å²) < 4.78 is 5.86. The summed E-state index contributed by atoms with van der Waals surface area (Å²) in [5.41, 5.74) is 2.44. The summed E-state index contributed by atoms with van der Waals surface area (Å²) in [4.78, 5) is 20.4. The number of anilines is 1. The number of hydrogen-bond donors (Lipinski definition) is 2. The highest BCUT2D eigenvalue weighted by molar-refractivity contribution is 5.94. The Morgan fingerprint density at radius 2 is 1.93 bits per heavy atom. The number of carbonyl (C=O) groups is 1. The first-order valence-corrected chi connectivity index (χ1v) is 8.78. The fourth-order valence-electron chi connectivity index (χ4n) is 2.47. The molecule has 0 saturated heterocycles. The van der Waals surface area contributed by atoms with Crippen LogP contribution in [0.15, 0.2) is 67.0 Å². The molecule has 3 aromatic rings. The molecule has 6 heteroatoms. The Bertz CT molecular complexity index is 950. The Morgan fingerprint density at radius 1 is 1.07 bits per heavy atom. The number of ether oxygens (including phenoxy) is 1. The van der Waals surface area contributed by atoms with E-state index in [1.165, 1.54) is 6.20 Å². The number of nitrogens with zero attached hydrogens (tertiary/aromatic N) is 2. The van der Waals surface area contributed by atoms with Gasteiger partial charge in [-0.2, -0.15) is 0 Å². The molecule has 3 rings (SSSR count). The topological polar surface area (TPSA) is 76.1 Å². The summed E-state index contributed by atoms with van der Waals surface area (Å²) in [5, 5.41) is 5.81. The van der Waals surface area contributed by atoms with Crippen molar-refractivity contribution in [3.63, 3.8) is 0 Å². The van der Waals surface area contributed by atoms with Gasteiger partial charge in [0.15, 0.2) is 0 Å². The molecule has 0 aliphatic rings. The number of hydrogen-bond acceptors (Lipinski definition) is 5. The van der Waals surface area contributed by atoms with Gasteiger partial charge in [0.25, 0.3) is 5.91 Å². The predicted molar refractivity (Wildman–Crippen MR) is 108 cm³/mol. The molecular formula is C22H20N4O2. The minimum absolute atomic E-state index is 0.186. The summed E-state index contributed by atoms with van der Waals surface area (Å²) in [7, 11) is 0. The second-order valence-corrected chi connectivity index (χ2v) is 5.91. The van der Waals surface area contributed by atoms with E-state index in [2.05, 4.69) is 26.5 Å². The lowest BCUT2D eigenvalue weighted by Crippen LogP contribution is -2.23. The molecule has 0 atom stereocenters. The minimum Gasteiger partial charge on any atom is -0.473 e. The van der Waals surface area contributed by atoms with Gasteiger partial charge >= 0.3 is 0 Å². The average molecular weight is 372 g/mol. The molecular weight excluding hydrogens is 352 g/mol. The smallest absolute Gasteiger partial charge is 0.253 e. The highest BCUT2D eigenvalue weighted by atomic mass is 16.5. The van der Waals surface area contributed by atoms with Crippen molar-refractivity contribution in [2.24, 2.45) is 0 Å². The first kappa shape index (κ1) is 18.9. The van der Waals surface area contributed by atoms with Gasteiger partial charge in [0.1, 0.15) is 12.4 Å². The highest BCUT2D eigenvalue weighted by Crippen LogP contribution is 2.17. The number of rotatable bonds is 8. The Labute approximate surface area is 164 Å². The Hall–Kier alpha value is -3.85. The third kappa shape index (κ3) is 5.32. The lowest BCUT2D eigenvalue weighted by atomic mass is 10.2. The molecule has 2 aromatic heterocycles. The lowest BCUT2D eigenvalue weighted by Gasteiger charge is -2.11. The summed E-state index contributed by atoms with van der Waals surface area (Å²) in [6.45, 7) is 1.13. The van der Waals surface area contributed by atoms with E-state index < -0.39 is 0 Å². The van der Waals surface area contributed by atoms with Crippen LogP contribution in [-0.2, 0) is 13.2 Å². The van der Waals surface area contributed by atoms with Crippen LogP contribution >= 0.6 is 0 Å². The fourth-order valence-corrected chi connectivity index (χ4v) is 2.47. The number of aromatic nitrogens is 2. The molecule has 6 nitrogen and oxygen atoms in total. The molecule has 0 fully saturated rings. The van der Waals surface area contributed by atoms with Crippen LogP contribution in [0, 0.1) is 12.3 Å². The number of amides is 1. The summed E-state index contributed by atoms with van der Waals surface area (Å²) in [5.74, 6) is 3.33.